The van der Waals surface area contributed by atoms with Crippen LogP contribution in [0.3, 0.4) is 0 Å². The number of carbonyl (C=O) groups excluding carboxylic acids is 1. The molecular weight excluding hydrogens is 254 g/mol. The van der Waals surface area contributed by atoms with Gasteiger partial charge in [0.05, 0.1) is 14.2 Å². The normalized spacial score (nSPS) is 11.8. The molecule has 1 amide bonds. The molecule has 1 aromatic carbocycles. The number of ether oxygens (including phenoxy) is 2. The second kappa shape index (κ2) is 8.46. The summed E-state index contributed by atoms with van der Waals surface area (Å²) in [5.41, 5.74) is 0.941. The second-order valence-corrected chi connectivity index (χ2v) is 4.90. The zero-order valence-electron chi connectivity index (χ0n) is 12.9. The molecular formula is C16H25NO3. The van der Waals surface area contributed by atoms with Crippen LogP contribution in [0.15, 0.2) is 18.2 Å². The van der Waals surface area contributed by atoms with Crippen molar-refractivity contribution in [2.45, 2.75) is 45.6 Å². The topological polar surface area (TPSA) is 47.6 Å². The van der Waals surface area contributed by atoms with Crippen LogP contribution in [0.1, 0.15) is 38.7 Å². The van der Waals surface area contributed by atoms with Gasteiger partial charge in [0.2, 0.25) is 5.91 Å². The molecule has 0 aliphatic heterocycles. The molecule has 0 aliphatic carbocycles. The minimum Gasteiger partial charge on any atom is -0.496 e. The maximum absolute atomic E-state index is 11.9. The predicted molar refractivity (Wildman–Crippen MR) is 80.4 cm³/mol. The van der Waals surface area contributed by atoms with Crippen LogP contribution >= 0.6 is 0 Å². The van der Waals surface area contributed by atoms with Gasteiger partial charge in [0.1, 0.15) is 11.5 Å². The monoisotopic (exact) mass is 279 g/mol. The molecule has 0 saturated heterocycles. The predicted octanol–water partition coefficient (Wildman–Crippen LogP) is 2.94. The highest BCUT2D eigenvalue weighted by Gasteiger charge is 2.12. The first-order valence-electron chi connectivity index (χ1n) is 7.11. The molecule has 0 heterocycles. The first-order chi connectivity index (χ1) is 9.62. The number of hydrogen-bond donors (Lipinski definition) is 1. The molecule has 0 fully saturated rings. The van der Waals surface area contributed by atoms with E-state index in [1.54, 1.807) is 14.2 Å². The van der Waals surface area contributed by atoms with Crippen molar-refractivity contribution in [3.8, 4) is 11.5 Å². The van der Waals surface area contributed by atoms with E-state index in [2.05, 4.69) is 12.2 Å². The van der Waals surface area contributed by atoms with Crippen molar-refractivity contribution < 1.29 is 14.3 Å². The highest BCUT2D eigenvalue weighted by Crippen LogP contribution is 2.29. The van der Waals surface area contributed by atoms with E-state index in [1.165, 1.54) is 0 Å². The molecule has 1 N–H and O–H groups in total. The van der Waals surface area contributed by atoms with Crippen molar-refractivity contribution >= 4 is 5.91 Å². The zero-order chi connectivity index (χ0) is 15.0. The maximum Gasteiger partial charge on any atom is 0.220 e. The second-order valence-electron chi connectivity index (χ2n) is 4.90. The minimum atomic E-state index is 0.0684. The number of methoxy groups -OCH3 is 2. The Hall–Kier alpha value is -1.71. The molecule has 20 heavy (non-hydrogen) atoms. The van der Waals surface area contributed by atoms with Gasteiger partial charge >= 0.3 is 0 Å². The molecule has 0 radical (unpaired) electrons. The Morgan fingerprint density at radius 3 is 2.35 bits per heavy atom. The molecule has 0 spiro atoms. The number of carbonyl (C=O) groups is 1. The van der Waals surface area contributed by atoms with E-state index in [-0.39, 0.29) is 11.9 Å². The van der Waals surface area contributed by atoms with E-state index in [4.69, 9.17) is 9.47 Å². The van der Waals surface area contributed by atoms with Crippen LogP contribution in [0.2, 0.25) is 0 Å². The summed E-state index contributed by atoms with van der Waals surface area (Å²) in [6, 6.07) is 5.88. The van der Waals surface area contributed by atoms with E-state index in [9.17, 15) is 4.79 Å². The van der Waals surface area contributed by atoms with Crippen molar-refractivity contribution in [1.29, 1.82) is 0 Å². The van der Waals surface area contributed by atoms with Gasteiger partial charge in [-0.1, -0.05) is 19.4 Å². The smallest absolute Gasteiger partial charge is 0.220 e. The van der Waals surface area contributed by atoms with Crippen LogP contribution in [0, 0.1) is 0 Å². The third kappa shape index (κ3) is 4.76. The molecule has 1 aromatic rings. The summed E-state index contributed by atoms with van der Waals surface area (Å²) in [4.78, 5) is 11.9. The lowest BCUT2D eigenvalue weighted by Crippen LogP contribution is -2.32. The van der Waals surface area contributed by atoms with Crippen molar-refractivity contribution in [2.75, 3.05) is 14.2 Å². The molecule has 1 rings (SSSR count). The summed E-state index contributed by atoms with van der Waals surface area (Å²) < 4.78 is 10.7. The average Bonchev–Trinajstić information content (AvgIpc) is 2.44. The summed E-state index contributed by atoms with van der Waals surface area (Å²) >= 11 is 0. The Balaban J connectivity index is 2.63. The Kier molecular flexibility index (Phi) is 6.91. The number of nitrogens with one attached hydrogen (secondary N) is 1. The van der Waals surface area contributed by atoms with Crippen LogP contribution in [-0.2, 0) is 11.2 Å². The summed E-state index contributed by atoms with van der Waals surface area (Å²) in [5.74, 6) is 1.59. The van der Waals surface area contributed by atoms with Crippen molar-refractivity contribution in [3.05, 3.63) is 23.8 Å². The van der Waals surface area contributed by atoms with E-state index >= 15 is 0 Å². The van der Waals surface area contributed by atoms with Crippen LogP contribution < -0.4 is 14.8 Å². The minimum absolute atomic E-state index is 0.0684. The van der Waals surface area contributed by atoms with Gasteiger partial charge in [-0.15, -0.1) is 0 Å². The highest BCUT2D eigenvalue weighted by molar-refractivity contribution is 5.76. The standard InChI is InChI=1S/C16H25NO3/c1-5-7-12(2)17-16(18)11-10-13-14(19-3)8-6-9-15(13)20-4/h6,8-9,12H,5,7,10-11H2,1-4H3,(H,17,18)/t12-/m1/s1. The summed E-state index contributed by atoms with van der Waals surface area (Å²) in [6.45, 7) is 4.15. The van der Waals surface area contributed by atoms with Gasteiger partial charge in [-0.3, -0.25) is 4.79 Å². The fourth-order valence-electron chi connectivity index (χ4n) is 2.27. The lowest BCUT2D eigenvalue weighted by molar-refractivity contribution is -0.121. The lowest BCUT2D eigenvalue weighted by Gasteiger charge is -2.15. The van der Waals surface area contributed by atoms with Crippen molar-refractivity contribution in [2.24, 2.45) is 0 Å². The molecule has 0 saturated carbocycles. The van der Waals surface area contributed by atoms with Gasteiger partial charge in [-0.2, -0.15) is 0 Å². The Morgan fingerprint density at radius 2 is 1.85 bits per heavy atom. The lowest BCUT2D eigenvalue weighted by atomic mass is 10.1. The SMILES string of the molecule is CCC[C@@H](C)NC(=O)CCc1c(OC)cccc1OC. The van der Waals surface area contributed by atoms with Crippen LogP contribution in [0.5, 0.6) is 11.5 Å². The number of amides is 1. The van der Waals surface area contributed by atoms with Crippen molar-refractivity contribution in [3.63, 3.8) is 0 Å². The summed E-state index contributed by atoms with van der Waals surface area (Å²) in [7, 11) is 3.25. The Bertz CT molecular complexity index is 409. The fourth-order valence-corrected chi connectivity index (χ4v) is 2.27. The highest BCUT2D eigenvalue weighted by atomic mass is 16.5. The quantitative estimate of drug-likeness (QED) is 0.796. The zero-order valence-corrected chi connectivity index (χ0v) is 12.9. The fraction of sp³-hybridized carbons (Fsp3) is 0.562. The van der Waals surface area contributed by atoms with E-state index < -0.39 is 0 Å². The third-order valence-electron chi connectivity index (χ3n) is 3.26. The molecule has 0 bridgehead atoms. The summed E-state index contributed by atoms with van der Waals surface area (Å²) in [5, 5.41) is 3.01. The number of benzene rings is 1. The molecule has 0 aromatic heterocycles. The third-order valence-corrected chi connectivity index (χ3v) is 3.26. The van der Waals surface area contributed by atoms with Crippen LogP contribution in [0.25, 0.3) is 0 Å². The van der Waals surface area contributed by atoms with E-state index in [0.717, 1.165) is 29.9 Å². The largest absolute Gasteiger partial charge is 0.496 e. The van der Waals surface area contributed by atoms with E-state index in [0.29, 0.717) is 12.8 Å². The van der Waals surface area contributed by atoms with Gasteiger partial charge in [0, 0.05) is 18.0 Å². The molecule has 0 unspecified atom stereocenters. The first-order valence-corrected chi connectivity index (χ1v) is 7.11. The van der Waals surface area contributed by atoms with Gasteiger partial charge in [0.25, 0.3) is 0 Å². The number of hydrogen-bond acceptors (Lipinski definition) is 3. The molecule has 1 atom stereocenters. The van der Waals surface area contributed by atoms with Crippen LogP contribution in [0.4, 0.5) is 0 Å². The van der Waals surface area contributed by atoms with Gasteiger partial charge < -0.3 is 14.8 Å². The Labute approximate surface area is 121 Å². The van der Waals surface area contributed by atoms with Gasteiger partial charge in [-0.05, 0) is 31.9 Å². The molecule has 4 heteroatoms. The summed E-state index contributed by atoms with van der Waals surface area (Å²) in [6.07, 6.45) is 3.12. The van der Waals surface area contributed by atoms with Crippen LogP contribution in [-0.4, -0.2) is 26.2 Å². The van der Waals surface area contributed by atoms with Crippen molar-refractivity contribution in [1.82, 2.24) is 5.32 Å². The Morgan fingerprint density at radius 1 is 1.25 bits per heavy atom. The number of rotatable bonds is 8. The first kappa shape index (κ1) is 16.3. The molecule has 0 aliphatic rings. The molecule has 112 valence electrons. The average molecular weight is 279 g/mol. The van der Waals surface area contributed by atoms with Gasteiger partial charge in [-0.25, -0.2) is 0 Å². The molecule has 4 nitrogen and oxygen atoms in total. The van der Waals surface area contributed by atoms with E-state index in [1.807, 2.05) is 25.1 Å². The maximum atomic E-state index is 11.9. The van der Waals surface area contributed by atoms with Gasteiger partial charge in [0.15, 0.2) is 0 Å².